The summed E-state index contributed by atoms with van der Waals surface area (Å²) >= 11 is 0. The maximum absolute atomic E-state index is 12.7. The van der Waals surface area contributed by atoms with Crippen molar-refractivity contribution in [2.24, 2.45) is 0 Å². The van der Waals surface area contributed by atoms with Gasteiger partial charge in [0.2, 0.25) is 0 Å². The summed E-state index contributed by atoms with van der Waals surface area (Å²) in [5.74, 6) is -3.82. The van der Waals surface area contributed by atoms with Crippen LogP contribution in [-0.2, 0) is 0 Å². The van der Waals surface area contributed by atoms with Gasteiger partial charge in [-0.25, -0.2) is 13.2 Å². The molecule has 0 unspecified atom stereocenters. The molecule has 0 aliphatic carbocycles. The van der Waals surface area contributed by atoms with Crippen LogP contribution in [0.25, 0.3) is 0 Å². The largest absolute Gasteiger partial charge is 0.397 e. The van der Waals surface area contributed by atoms with Gasteiger partial charge in [0.25, 0.3) is 5.92 Å². The highest BCUT2D eigenvalue weighted by Gasteiger charge is 2.27. The molecule has 0 aliphatic rings. The molecule has 6 heteroatoms. The number of hydrogen-bond acceptors (Lipinski definition) is 3. The Bertz CT molecular complexity index is 344. The lowest BCUT2D eigenvalue weighted by atomic mass is 10.2. The van der Waals surface area contributed by atoms with E-state index in [1.54, 1.807) is 0 Å². The van der Waals surface area contributed by atoms with Crippen LogP contribution in [0.5, 0.6) is 0 Å². The second-order valence-electron chi connectivity index (χ2n) is 3.10. The standard InChI is InChI=1S/C9H11F3N2O/c10-6-1-2-7(13)8(3-6)14-4-9(11,12)5-15/h1-3,14-15H,4-5,13H2. The molecular formula is C9H11F3N2O. The second kappa shape index (κ2) is 4.39. The van der Waals surface area contributed by atoms with Crippen molar-refractivity contribution in [3.8, 4) is 0 Å². The molecule has 0 saturated heterocycles. The molecule has 1 rings (SSSR count). The lowest BCUT2D eigenvalue weighted by Crippen LogP contribution is -2.31. The van der Waals surface area contributed by atoms with Crippen LogP contribution in [-0.4, -0.2) is 24.2 Å². The lowest BCUT2D eigenvalue weighted by molar-refractivity contribution is -0.0372. The Labute approximate surface area is 84.7 Å². The summed E-state index contributed by atoms with van der Waals surface area (Å²) < 4.78 is 38.0. The molecule has 84 valence electrons. The van der Waals surface area contributed by atoms with Gasteiger partial charge in [-0.3, -0.25) is 0 Å². The number of aliphatic hydroxyl groups excluding tert-OH is 1. The molecule has 1 aromatic carbocycles. The average molecular weight is 220 g/mol. The zero-order valence-electron chi connectivity index (χ0n) is 7.80. The first-order valence-electron chi connectivity index (χ1n) is 4.22. The van der Waals surface area contributed by atoms with Gasteiger partial charge in [-0.05, 0) is 18.2 Å². The Hall–Kier alpha value is -1.43. The van der Waals surface area contributed by atoms with Crippen LogP contribution in [0.1, 0.15) is 0 Å². The third-order valence-electron chi connectivity index (χ3n) is 1.78. The van der Waals surface area contributed by atoms with Crippen molar-refractivity contribution in [1.29, 1.82) is 0 Å². The lowest BCUT2D eigenvalue weighted by Gasteiger charge is -2.15. The van der Waals surface area contributed by atoms with Crippen molar-refractivity contribution in [2.45, 2.75) is 5.92 Å². The van der Waals surface area contributed by atoms with Crippen molar-refractivity contribution in [1.82, 2.24) is 0 Å². The van der Waals surface area contributed by atoms with Crippen molar-refractivity contribution in [3.05, 3.63) is 24.0 Å². The molecule has 0 fully saturated rings. The first-order valence-corrected chi connectivity index (χ1v) is 4.22. The van der Waals surface area contributed by atoms with Gasteiger partial charge in [0.1, 0.15) is 12.4 Å². The van der Waals surface area contributed by atoms with Gasteiger partial charge in [0, 0.05) is 0 Å². The summed E-state index contributed by atoms with van der Waals surface area (Å²) in [5.41, 5.74) is 5.68. The first kappa shape index (κ1) is 11.6. The number of halogens is 3. The minimum absolute atomic E-state index is 0.0862. The number of nitrogens with one attached hydrogen (secondary N) is 1. The molecule has 15 heavy (non-hydrogen) atoms. The fourth-order valence-corrected chi connectivity index (χ4v) is 0.962. The van der Waals surface area contributed by atoms with Crippen LogP contribution >= 0.6 is 0 Å². The number of alkyl halides is 2. The molecule has 0 saturated carbocycles. The van der Waals surface area contributed by atoms with Crippen LogP contribution in [0.2, 0.25) is 0 Å². The van der Waals surface area contributed by atoms with Gasteiger partial charge in [0.15, 0.2) is 0 Å². The van der Waals surface area contributed by atoms with Crippen molar-refractivity contribution in [3.63, 3.8) is 0 Å². The number of nitrogens with two attached hydrogens (primary N) is 1. The fraction of sp³-hybridized carbons (Fsp3) is 0.333. The van der Waals surface area contributed by atoms with E-state index in [0.717, 1.165) is 12.1 Å². The predicted octanol–water partition coefficient (Wildman–Crippen LogP) is 1.45. The molecule has 4 N–H and O–H groups in total. The van der Waals surface area contributed by atoms with E-state index in [1.807, 2.05) is 0 Å². The van der Waals surface area contributed by atoms with Crippen LogP contribution in [0, 0.1) is 5.82 Å². The topological polar surface area (TPSA) is 58.3 Å². The number of nitrogen functional groups attached to an aromatic ring is 1. The highest BCUT2D eigenvalue weighted by Crippen LogP contribution is 2.21. The monoisotopic (exact) mass is 220 g/mol. The van der Waals surface area contributed by atoms with Crippen molar-refractivity contribution < 1.29 is 18.3 Å². The summed E-state index contributed by atoms with van der Waals surface area (Å²) in [6.07, 6.45) is 0. The van der Waals surface area contributed by atoms with E-state index < -0.39 is 24.9 Å². The number of hydrogen-bond donors (Lipinski definition) is 3. The van der Waals surface area contributed by atoms with E-state index in [-0.39, 0.29) is 11.4 Å². The third-order valence-corrected chi connectivity index (χ3v) is 1.78. The van der Waals surface area contributed by atoms with Gasteiger partial charge in [-0.15, -0.1) is 0 Å². The van der Waals surface area contributed by atoms with Crippen LogP contribution in [0.3, 0.4) is 0 Å². The summed E-state index contributed by atoms with van der Waals surface area (Å²) in [6.45, 7) is -2.06. The molecule has 1 aromatic rings. The van der Waals surface area contributed by atoms with Gasteiger partial charge in [-0.1, -0.05) is 0 Å². The van der Waals surface area contributed by atoms with Crippen LogP contribution < -0.4 is 11.1 Å². The minimum Gasteiger partial charge on any atom is -0.397 e. The number of benzene rings is 1. The first-order chi connectivity index (χ1) is 6.94. The van der Waals surface area contributed by atoms with E-state index >= 15 is 0 Å². The highest BCUT2D eigenvalue weighted by molar-refractivity contribution is 5.65. The zero-order valence-corrected chi connectivity index (χ0v) is 7.80. The molecule has 0 heterocycles. The smallest absolute Gasteiger partial charge is 0.287 e. The normalized spacial score (nSPS) is 11.5. The Kier molecular flexibility index (Phi) is 3.41. The summed E-state index contributed by atoms with van der Waals surface area (Å²) in [4.78, 5) is 0. The zero-order chi connectivity index (χ0) is 11.5. The van der Waals surface area contributed by atoms with E-state index in [2.05, 4.69) is 5.32 Å². The number of anilines is 2. The number of aliphatic hydroxyl groups is 1. The van der Waals surface area contributed by atoms with E-state index in [1.165, 1.54) is 6.07 Å². The Morgan fingerprint density at radius 1 is 1.40 bits per heavy atom. The maximum Gasteiger partial charge on any atom is 0.287 e. The summed E-state index contributed by atoms with van der Waals surface area (Å²) in [7, 11) is 0. The highest BCUT2D eigenvalue weighted by atomic mass is 19.3. The molecule has 3 nitrogen and oxygen atoms in total. The van der Waals surface area contributed by atoms with Crippen LogP contribution in [0.15, 0.2) is 18.2 Å². The van der Waals surface area contributed by atoms with E-state index in [9.17, 15) is 13.2 Å². The van der Waals surface area contributed by atoms with Gasteiger partial charge in [0.05, 0.1) is 17.9 Å². The molecule has 0 amide bonds. The van der Waals surface area contributed by atoms with E-state index in [0.29, 0.717) is 0 Å². The maximum atomic E-state index is 12.7. The Balaban J connectivity index is 2.69. The molecule has 0 atom stereocenters. The molecule has 0 bridgehead atoms. The predicted molar refractivity (Wildman–Crippen MR) is 51.3 cm³/mol. The van der Waals surface area contributed by atoms with Gasteiger partial charge < -0.3 is 16.2 Å². The number of rotatable bonds is 4. The fourth-order valence-electron chi connectivity index (χ4n) is 0.962. The van der Waals surface area contributed by atoms with Gasteiger partial charge in [-0.2, -0.15) is 0 Å². The molecule has 0 radical (unpaired) electrons. The quantitative estimate of drug-likeness (QED) is 0.673. The Morgan fingerprint density at radius 2 is 2.07 bits per heavy atom. The minimum atomic E-state index is -3.25. The SMILES string of the molecule is Nc1ccc(F)cc1NCC(F)(F)CO. The van der Waals surface area contributed by atoms with E-state index in [4.69, 9.17) is 10.8 Å². The molecular weight excluding hydrogens is 209 g/mol. The summed E-state index contributed by atoms with van der Waals surface area (Å²) in [5, 5.41) is 10.6. The summed E-state index contributed by atoms with van der Waals surface area (Å²) in [6, 6.07) is 3.42. The van der Waals surface area contributed by atoms with Gasteiger partial charge >= 0.3 is 0 Å². The van der Waals surface area contributed by atoms with Crippen molar-refractivity contribution >= 4 is 11.4 Å². The molecule has 0 aliphatic heterocycles. The molecule has 0 aromatic heterocycles. The Morgan fingerprint density at radius 3 is 2.67 bits per heavy atom. The average Bonchev–Trinajstić information content (AvgIpc) is 2.20. The van der Waals surface area contributed by atoms with Crippen molar-refractivity contribution in [2.75, 3.05) is 24.2 Å². The third kappa shape index (κ3) is 3.32. The second-order valence-corrected chi connectivity index (χ2v) is 3.10. The molecule has 0 spiro atoms. The van der Waals surface area contributed by atoms with Crippen LogP contribution in [0.4, 0.5) is 24.5 Å².